The molecule has 6 heteroatoms. The van der Waals surface area contributed by atoms with Crippen LogP contribution >= 0.6 is 23.2 Å². The van der Waals surface area contributed by atoms with E-state index in [-0.39, 0.29) is 5.91 Å². The number of aromatic nitrogens is 2. The van der Waals surface area contributed by atoms with Crippen molar-refractivity contribution in [3.05, 3.63) is 87.7 Å². The number of carbonyl (C=O) groups is 1. The molecule has 1 amide bonds. The highest BCUT2D eigenvalue weighted by molar-refractivity contribution is 6.35. The van der Waals surface area contributed by atoms with E-state index in [2.05, 4.69) is 17.2 Å². The Kier molecular flexibility index (Phi) is 5.41. The molecule has 0 aliphatic heterocycles. The zero-order valence-corrected chi connectivity index (χ0v) is 15.2. The summed E-state index contributed by atoms with van der Waals surface area (Å²) in [4.78, 5) is 14.1. The molecular formula is C19H17Cl2N3O. The van der Waals surface area contributed by atoms with Crippen LogP contribution in [-0.2, 0) is 13.1 Å². The van der Waals surface area contributed by atoms with E-state index < -0.39 is 0 Å². The molecule has 0 spiro atoms. The standard InChI is InChI=1S/C19H17Cl2N3O/c1-23(19(25)16-7-17(20)9-18(21)8-16)11-15-10-22-24(13-15)12-14-5-3-2-4-6-14/h2-10,13H,11-12H2,1H3. The van der Waals surface area contributed by atoms with E-state index in [1.165, 1.54) is 5.56 Å². The van der Waals surface area contributed by atoms with Crippen LogP contribution in [0, 0.1) is 0 Å². The second-order valence-corrected chi connectivity index (χ2v) is 6.72. The zero-order valence-electron chi connectivity index (χ0n) is 13.7. The van der Waals surface area contributed by atoms with E-state index >= 15 is 0 Å². The monoisotopic (exact) mass is 373 g/mol. The van der Waals surface area contributed by atoms with Gasteiger partial charge in [-0.3, -0.25) is 9.48 Å². The molecule has 4 nitrogen and oxygen atoms in total. The lowest BCUT2D eigenvalue weighted by atomic mass is 10.2. The third-order valence-electron chi connectivity index (χ3n) is 3.75. The molecule has 0 fully saturated rings. The van der Waals surface area contributed by atoms with Crippen LogP contribution in [0.25, 0.3) is 0 Å². The fraction of sp³-hybridized carbons (Fsp3) is 0.158. The molecule has 25 heavy (non-hydrogen) atoms. The van der Waals surface area contributed by atoms with Crippen molar-refractivity contribution in [2.45, 2.75) is 13.1 Å². The molecule has 0 aliphatic carbocycles. The van der Waals surface area contributed by atoms with Crippen LogP contribution in [0.4, 0.5) is 0 Å². The van der Waals surface area contributed by atoms with Gasteiger partial charge in [-0.25, -0.2) is 0 Å². The van der Waals surface area contributed by atoms with Gasteiger partial charge in [-0.1, -0.05) is 53.5 Å². The van der Waals surface area contributed by atoms with Gasteiger partial charge in [0.05, 0.1) is 12.7 Å². The van der Waals surface area contributed by atoms with Crippen molar-refractivity contribution >= 4 is 29.1 Å². The second-order valence-electron chi connectivity index (χ2n) is 5.85. The summed E-state index contributed by atoms with van der Waals surface area (Å²) >= 11 is 11.9. The first-order chi connectivity index (χ1) is 12.0. The maximum atomic E-state index is 12.5. The first-order valence-electron chi connectivity index (χ1n) is 7.78. The lowest BCUT2D eigenvalue weighted by Crippen LogP contribution is -2.26. The Labute approximate surface area is 156 Å². The molecular weight excluding hydrogens is 357 g/mol. The fourth-order valence-corrected chi connectivity index (χ4v) is 3.11. The summed E-state index contributed by atoms with van der Waals surface area (Å²) < 4.78 is 1.86. The predicted molar refractivity (Wildman–Crippen MR) is 100 cm³/mol. The Balaban J connectivity index is 1.66. The first kappa shape index (κ1) is 17.5. The molecule has 3 rings (SSSR count). The molecule has 0 bridgehead atoms. The quantitative estimate of drug-likeness (QED) is 0.659. The molecule has 0 unspecified atom stereocenters. The van der Waals surface area contributed by atoms with Crippen molar-refractivity contribution in [3.8, 4) is 0 Å². The van der Waals surface area contributed by atoms with Crippen LogP contribution in [0.3, 0.4) is 0 Å². The van der Waals surface area contributed by atoms with Crippen molar-refractivity contribution in [3.63, 3.8) is 0 Å². The van der Waals surface area contributed by atoms with Gasteiger partial charge in [0.25, 0.3) is 5.91 Å². The third kappa shape index (κ3) is 4.62. The van der Waals surface area contributed by atoms with Gasteiger partial charge in [0.15, 0.2) is 0 Å². The van der Waals surface area contributed by atoms with Crippen LogP contribution in [0.2, 0.25) is 10.0 Å². The molecule has 3 aromatic rings. The number of rotatable bonds is 5. The van der Waals surface area contributed by atoms with Crippen molar-refractivity contribution in [1.29, 1.82) is 0 Å². The Morgan fingerprint density at radius 3 is 2.44 bits per heavy atom. The zero-order chi connectivity index (χ0) is 17.8. The number of amides is 1. The van der Waals surface area contributed by atoms with Gasteiger partial charge < -0.3 is 4.90 Å². The van der Waals surface area contributed by atoms with Gasteiger partial charge in [-0.05, 0) is 23.8 Å². The van der Waals surface area contributed by atoms with Crippen LogP contribution in [0.15, 0.2) is 60.9 Å². The van der Waals surface area contributed by atoms with E-state index in [1.54, 1.807) is 36.3 Å². The lowest BCUT2D eigenvalue weighted by Gasteiger charge is -2.16. The van der Waals surface area contributed by atoms with Crippen LogP contribution in [0.1, 0.15) is 21.5 Å². The fourth-order valence-electron chi connectivity index (χ4n) is 2.59. The van der Waals surface area contributed by atoms with E-state index in [1.807, 2.05) is 29.1 Å². The number of hydrogen-bond donors (Lipinski definition) is 0. The predicted octanol–water partition coefficient (Wildman–Crippen LogP) is 4.51. The third-order valence-corrected chi connectivity index (χ3v) is 4.19. The van der Waals surface area contributed by atoms with E-state index in [9.17, 15) is 4.79 Å². The smallest absolute Gasteiger partial charge is 0.254 e. The van der Waals surface area contributed by atoms with Crippen LogP contribution in [0.5, 0.6) is 0 Å². The molecule has 1 aromatic heterocycles. The minimum atomic E-state index is -0.139. The van der Waals surface area contributed by atoms with E-state index in [0.717, 1.165) is 5.56 Å². The summed E-state index contributed by atoms with van der Waals surface area (Å²) in [5, 5.41) is 5.25. The molecule has 0 N–H and O–H groups in total. The van der Waals surface area contributed by atoms with Crippen molar-refractivity contribution in [2.75, 3.05) is 7.05 Å². The number of benzene rings is 2. The van der Waals surface area contributed by atoms with Gasteiger partial charge in [0.1, 0.15) is 0 Å². The van der Waals surface area contributed by atoms with Crippen LogP contribution in [-0.4, -0.2) is 27.6 Å². The molecule has 1 heterocycles. The normalized spacial score (nSPS) is 10.7. The first-order valence-corrected chi connectivity index (χ1v) is 8.53. The van der Waals surface area contributed by atoms with Crippen molar-refractivity contribution < 1.29 is 4.79 Å². The van der Waals surface area contributed by atoms with Gasteiger partial charge in [0.2, 0.25) is 0 Å². The van der Waals surface area contributed by atoms with E-state index in [0.29, 0.717) is 28.7 Å². The summed E-state index contributed by atoms with van der Waals surface area (Å²) in [6, 6.07) is 14.9. The number of carbonyl (C=O) groups excluding carboxylic acids is 1. The maximum absolute atomic E-state index is 12.5. The topological polar surface area (TPSA) is 38.1 Å². The Morgan fingerprint density at radius 1 is 1.08 bits per heavy atom. The Morgan fingerprint density at radius 2 is 1.76 bits per heavy atom. The minimum absolute atomic E-state index is 0.139. The molecule has 0 saturated carbocycles. The molecule has 0 radical (unpaired) electrons. The van der Waals surface area contributed by atoms with Crippen LogP contribution < -0.4 is 0 Å². The van der Waals surface area contributed by atoms with Gasteiger partial charge in [-0.15, -0.1) is 0 Å². The molecule has 0 atom stereocenters. The van der Waals surface area contributed by atoms with Gasteiger partial charge in [0, 0.05) is 41.0 Å². The second kappa shape index (κ2) is 7.72. The van der Waals surface area contributed by atoms with Gasteiger partial charge in [-0.2, -0.15) is 5.10 Å². The number of hydrogen-bond acceptors (Lipinski definition) is 2. The average molecular weight is 374 g/mol. The molecule has 2 aromatic carbocycles. The number of halogens is 2. The van der Waals surface area contributed by atoms with Crippen molar-refractivity contribution in [1.82, 2.24) is 14.7 Å². The highest BCUT2D eigenvalue weighted by Gasteiger charge is 2.14. The summed E-state index contributed by atoms with van der Waals surface area (Å²) in [6.45, 7) is 1.15. The Bertz CT molecular complexity index is 857. The van der Waals surface area contributed by atoms with Gasteiger partial charge >= 0.3 is 0 Å². The minimum Gasteiger partial charge on any atom is -0.337 e. The molecule has 0 aliphatic rings. The van der Waals surface area contributed by atoms with Crippen molar-refractivity contribution in [2.24, 2.45) is 0 Å². The SMILES string of the molecule is CN(Cc1cnn(Cc2ccccc2)c1)C(=O)c1cc(Cl)cc(Cl)c1. The Hall–Kier alpha value is -2.30. The van der Waals surface area contributed by atoms with E-state index in [4.69, 9.17) is 23.2 Å². The molecule has 0 saturated heterocycles. The maximum Gasteiger partial charge on any atom is 0.254 e. The lowest BCUT2D eigenvalue weighted by molar-refractivity contribution is 0.0785. The average Bonchev–Trinajstić information content (AvgIpc) is 3.01. The highest BCUT2D eigenvalue weighted by Crippen LogP contribution is 2.20. The molecule has 128 valence electrons. The largest absolute Gasteiger partial charge is 0.337 e. The summed E-state index contributed by atoms with van der Waals surface area (Å²) in [5.74, 6) is -0.139. The highest BCUT2D eigenvalue weighted by atomic mass is 35.5. The summed E-state index contributed by atoms with van der Waals surface area (Å²) in [6.07, 6.45) is 3.72. The summed E-state index contributed by atoms with van der Waals surface area (Å²) in [7, 11) is 1.74. The number of nitrogens with zero attached hydrogens (tertiary/aromatic N) is 3. The summed E-state index contributed by atoms with van der Waals surface area (Å²) in [5.41, 5.74) is 2.60.